The Hall–Kier alpha value is -2.80. The smallest absolute Gasteiger partial charge is 0.251 e. The molecule has 1 saturated heterocycles. The fourth-order valence-corrected chi connectivity index (χ4v) is 3.40. The number of benzene rings is 1. The van der Waals surface area contributed by atoms with Gasteiger partial charge in [-0.15, -0.1) is 0 Å². The molecule has 0 atom stereocenters. The Morgan fingerprint density at radius 1 is 1.22 bits per heavy atom. The second-order valence-electron chi connectivity index (χ2n) is 6.79. The molecule has 0 radical (unpaired) electrons. The molecule has 7 heteroatoms. The van der Waals surface area contributed by atoms with E-state index in [4.69, 9.17) is 14.1 Å². The summed E-state index contributed by atoms with van der Waals surface area (Å²) in [4.78, 5) is 19.4. The van der Waals surface area contributed by atoms with Gasteiger partial charge >= 0.3 is 0 Å². The molecule has 3 heterocycles. The van der Waals surface area contributed by atoms with Crippen LogP contribution in [0.4, 0.5) is 5.95 Å². The number of hydrogen-bond acceptors (Lipinski definition) is 5. The second kappa shape index (κ2) is 7.44. The number of rotatable bonds is 5. The Kier molecular flexibility index (Phi) is 4.85. The topological polar surface area (TPSA) is 72.5 Å². The van der Waals surface area contributed by atoms with Gasteiger partial charge in [0.25, 0.3) is 5.91 Å². The lowest BCUT2D eigenvalue weighted by molar-refractivity contribution is 0.0954. The normalized spacial score (nSPS) is 14.7. The number of morpholine rings is 1. The van der Waals surface area contributed by atoms with Crippen molar-refractivity contribution in [3.8, 4) is 0 Å². The van der Waals surface area contributed by atoms with E-state index in [2.05, 4.69) is 14.8 Å². The molecule has 1 aliphatic rings. The Morgan fingerprint density at radius 2 is 2.04 bits per heavy atom. The predicted octanol–water partition coefficient (Wildman–Crippen LogP) is 2.28. The molecule has 0 aliphatic carbocycles. The van der Waals surface area contributed by atoms with Crippen LogP contribution in [0.1, 0.15) is 21.9 Å². The van der Waals surface area contributed by atoms with Crippen molar-refractivity contribution in [2.75, 3.05) is 37.7 Å². The van der Waals surface area contributed by atoms with Gasteiger partial charge < -0.3 is 23.9 Å². The molecule has 1 aliphatic heterocycles. The largest absolute Gasteiger partial charge is 0.466 e. The molecule has 0 saturated carbocycles. The number of fused-ring (bicyclic) bond motifs is 1. The van der Waals surface area contributed by atoms with Crippen LogP contribution in [-0.4, -0.2) is 48.3 Å². The molecule has 142 valence electrons. The lowest BCUT2D eigenvalue weighted by atomic mass is 10.2. The van der Waals surface area contributed by atoms with Crippen LogP contribution in [0.5, 0.6) is 0 Å². The summed E-state index contributed by atoms with van der Waals surface area (Å²) in [6.07, 6.45) is 0.673. The molecule has 27 heavy (non-hydrogen) atoms. The summed E-state index contributed by atoms with van der Waals surface area (Å²) in [5, 5.41) is 2.95. The van der Waals surface area contributed by atoms with E-state index in [0.29, 0.717) is 31.7 Å². The molecular weight excluding hydrogens is 344 g/mol. The monoisotopic (exact) mass is 368 g/mol. The third kappa shape index (κ3) is 3.68. The number of furan rings is 1. The van der Waals surface area contributed by atoms with Gasteiger partial charge in [0, 0.05) is 38.7 Å². The van der Waals surface area contributed by atoms with E-state index < -0.39 is 0 Å². The minimum atomic E-state index is -0.0984. The highest BCUT2D eigenvalue weighted by molar-refractivity contribution is 5.97. The number of carbonyl (C=O) groups is 1. The number of aryl methyl sites for hydroxylation is 2. The number of anilines is 1. The number of ether oxygens (including phenoxy) is 1. The Morgan fingerprint density at radius 3 is 2.78 bits per heavy atom. The van der Waals surface area contributed by atoms with E-state index in [-0.39, 0.29) is 5.91 Å². The summed E-state index contributed by atoms with van der Waals surface area (Å²) in [6, 6.07) is 9.52. The summed E-state index contributed by atoms with van der Waals surface area (Å²) in [5.41, 5.74) is 2.46. The third-order valence-electron chi connectivity index (χ3n) is 4.87. The van der Waals surface area contributed by atoms with Crippen molar-refractivity contribution >= 4 is 22.9 Å². The second-order valence-corrected chi connectivity index (χ2v) is 6.79. The molecule has 1 N–H and O–H groups in total. The first kappa shape index (κ1) is 17.6. The van der Waals surface area contributed by atoms with E-state index in [1.165, 1.54) is 0 Å². The van der Waals surface area contributed by atoms with Crippen molar-refractivity contribution in [2.45, 2.75) is 13.3 Å². The first-order valence-electron chi connectivity index (χ1n) is 9.24. The van der Waals surface area contributed by atoms with Gasteiger partial charge in [0.2, 0.25) is 5.95 Å². The van der Waals surface area contributed by atoms with Gasteiger partial charge in [-0.25, -0.2) is 4.98 Å². The lowest BCUT2D eigenvalue weighted by Crippen LogP contribution is -2.37. The van der Waals surface area contributed by atoms with Crippen LogP contribution in [0.3, 0.4) is 0 Å². The summed E-state index contributed by atoms with van der Waals surface area (Å²) in [5.74, 6) is 2.58. The fraction of sp³-hybridized carbons (Fsp3) is 0.400. The molecule has 1 amide bonds. The zero-order chi connectivity index (χ0) is 18.8. The third-order valence-corrected chi connectivity index (χ3v) is 4.87. The average molecular weight is 368 g/mol. The van der Waals surface area contributed by atoms with E-state index in [0.717, 1.165) is 41.6 Å². The SMILES string of the molecule is Cc1ccc(CCNC(=O)c2ccc3c(c2)nc(N2CCOCC2)n3C)o1. The maximum Gasteiger partial charge on any atom is 0.251 e. The predicted molar refractivity (Wildman–Crippen MR) is 103 cm³/mol. The Labute approximate surface area is 157 Å². The fourth-order valence-electron chi connectivity index (χ4n) is 3.40. The average Bonchev–Trinajstić information content (AvgIpc) is 3.25. The molecule has 0 bridgehead atoms. The van der Waals surface area contributed by atoms with E-state index >= 15 is 0 Å². The van der Waals surface area contributed by atoms with Crippen molar-refractivity contribution in [1.29, 1.82) is 0 Å². The number of nitrogens with zero attached hydrogens (tertiary/aromatic N) is 3. The molecule has 3 aromatic rings. The van der Waals surface area contributed by atoms with Gasteiger partial charge in [0.15, 0.2) is 0 Å². The molecule has 1 aromatic carbocycles. The van der Waals surface area contributed by atoms with Crippen LogP contribution in [-0.2, 0) is 18.2 Å². The summed E-state index contributed by atoms with van der Waals surface area (Å²) >= 11 is 0. The van der Waals surface area contributed by atoms with Gasteiger partial charge in [0.1, 0.15) is 11.5 Å². The van der Waals surface area contributed by atoms with Gasteiger partial charge in [-0.1, -0.05) is 0 Å². The van der Waals surface area contributed by atoms with Crippen LogP contribution in [0, 0.1) is 6.92 Å². The van der Waals surface area contributed by atoms with E-state index in [1.807, 2.05) is 44.3 Å². The molecule has 0 spiro atoms. The van der Waals surface area contributed by atoms with Crippen LogP contribution in [0.15, 0.2) is 34.7 Å². The highest BCUT2D eigenvalue weighted by Crippen LogP contribution is 2.23. The van der Waals surface area contributed by atoms with Gasteiger partial charge in [0.05, 0.1) is 24.2 Å². The van der Waals surface area contributed by atoms with Crippen molar-refractivity contribution < 1.29 is 13.9 Å². The summed E-state index contributed by atoms with van der Waals surface area (Å²) in [6.45, 7) is 5.53. The maximum absolute atomic E-state index is 12.5. The first-order valence-corrected chi connectivity index (χ1v) is 9.24. The van der Waals surface area contributed by atoms with Crippen molar-refractivity contribution in [1.82, 2.24) is 14.9 Å². The summed E-state index contributed by atoms with van der Waals surface area (Å²) in [7, 11) is 2.01. The number of aromatic nitrogens is 2. The van der Waals surface area contributed by atoms with Crippen LogP contribution in [0.2, 0.25) is 0 Å². The number of carbonyl (C=O) groups excluding carboxylic acids is 1. The van der Waals surface area contributed by atoms with Crippen molar-refractivity contribution in [3.05, 3.63) is 47.4 Å². The standard InChI is InChI=1S/C20H24N4O3/c1-14-3-5-16(27-14)7-8-21-19(25)15-4-6-18-17(13-15)22-20(23(18)2)24-9-11-26-12-10-24/h3-6,13H,7-12H2,1-2H3,(H,21,25). The van der Waals surface area contributed by atoms with Crippen LogP contribution >= 0.6 is 0 Å². The Bertz CT molecular complexity index is 953. The van der Waals surface area contributed by atoms with Crippen molar-refractivity contribution in [2.24, 2.45) is 7.05 Å². The Balaban J connectivity index is 1.46. The maximum atomic E-state index is 12.5. The highest BCUT2D eigenvalue weighted by Gasteiger charge is 2.18. The van der Waals surface area contributed by atoms with Crippen molar-refractivity contribution in [3.63, 3.8) is 0 Å². The zero-order valence-corrected chi connectivity index (χ0v) is 15.7. The molecule has 2 aromatic heterocycles. The number of imidazole rings is 1. The summed E-state index contributed by atoms with van der Waals surface area (Å²) < 4.78 is 13.0. The molecule has 1 fully saturated rings. The molecule has 4 rings (SSSR count). The minimum Gasteiger partial charge on any atom is -0.466 e. The minimum absolute atomic E-state index is 0.0984. The van der Waals surface area contributed by atoms with Crippen LogP contribution < -0.4 is 10.2 Å². The zero-order valence-electron chi connectivity index (χ0n) is 15.7. The lowest BCUT2D eigenvalue weighted by Gasteiger charge is -2.27. The number of hydrogen-bond donors (Lipinski definition) is 1. The van der Waals surface area contributed by atoms with Gasteiger partial charge in [-0.05, 0) is 37.3 Å². The molecular formula is C20H24N4O3. The molecule has 0 unspecified atom stereocenters. The highest BCUT2D eigenvalue weighted by atomic mass is 16.5. The van der Waals surface area contributed by atoms with Crippen LogP contribution in [0.25, 0.3) is 11.0 Å². The van der Waals surface area contributed by atoms with E-state index in [1.54, 1.807) is 0 Å². The van der Waals surface area contributed by atoms with E-state index in [9.17, 15) is 4.79 Å². The quantitative estimate of drug-likeness (QED) is 0.748. The van der Waals surface area contributed by atoms with Gasteiger partial charge in [-0.2, -0.15) is 0 Å². The van der Waals surface area contributed by atoms with Gasteiger partial charge in [-0.3, -0.25) is 4.79 Å². The molecule has 7 nitrogen and oxygen atoms in total. The number of amides is 1. The number of nitrogens with one attached hydrogen (secondary N) is 1. The first-order chi connectivity index (χ1) is 13.1.